The third kappa shape index (κ3) is 4.63. The number of nitrogens with one attached hydrogen (secondary N) is 1. The highest BCUT2D eigenvalue weighted by Crippen LogP contribution is 2.21. The molecule has 1 heterocycles. The molecule has 0 amide bonds. The van der Waals surface area contributed by atoms with Crippen molar-refractivity contribution in [1.29, 1.82) is 0 Å². The fraction of sp³-hybridized carbons (Fsp3) is 0.615. The Morgan fingerprint density at radius 3 is 2.42 bits per heavy atom. The number of rotatable bonds is 7. The van der Waals surface area contributed by atoms with E-state index in [0.717, 1.165) is 19.0 Å². The number of anilines is 2. The molecule has 0 saturated heterocycles. The lowest BCUT2D eigenvalue weighted by atomic mass is 10.3. The molecular weight excluding hydrogens is 250 g/mol. The first-order chi connectivity index (χ1) is 8.95. The molecule has 0 aliphatic rings. The summed E-state index contributed by atoms with van der Waals surface area (Å²) in [5.41, 5.74) is 0. The Morgan fingerprint density at radius 2 is 1.84 bits per heavy atom. The van der Waals surface area contributed by atoms with E-state index in [2.05, 4.69) is 15.2 Å². The summed E-state index contributed by atoms with van der Waals surface area (Å²) in [6, 6.07) is 0.878. The molecule has 6 heteroatoms. The second-order valence-electron chi connectivity index (χ2n) is 4.73. The number of nitrogens with zero attached hydrogens (tertiary/aromatic N) is 3. The van der Waals surface area contributed by atoms with Crippen LogP contribution in [0.3, 0.4) is 0 Å². The highest BCUT2D eigenvalue weighted by molar-refractivity contribution is 5.48. The molecule has 0 unspecified atom stereocenters. The molecule has 0 spiro atoms. The van der Waals surface area contributed by atoms with Crippen LogP contribution in [-0.2, 0) is 0 Å². The topological polar surface area (TPSA) is 31.4 Å². The monoisotopic (exact) mass is 272 g/mol. The van der Waals surface area contributed by atoms with E-state index < -0.39 is 11.6 Å². The van der Waals surface area contributed by atoms with Gasteiger partial charge in [0.15, 0.2) is 23.3 Å². The maximum atomic E-state index is 13.7. The molecule has 1 rings (SSSR count). The van der Waals surface area contributed by atoms with Crippen LogP contribution >= 0.6 is 0 Å². The zero-order valence-electron chi connectivity index (χ0n) is 12.0. The zero-order valence-corrected chi connectivity index (χ0v) is 12.0. The van der Waals surface area contributed by atoms with Crippen LogP contribution in [0.5, 0.6) is 0 Å². The van der Waals surface area contributed by atoms with Crippen molar-refractivity contribution in [2.75, 3.05) is 51.0 Å². The molecule has 108 valence electrons. The minimum atomic E-state index is -0.662. The summed E-state index contributed by atoms with van der Waals surface area (Å²) in [6.45, 7) is 3.96. The van der Waals surface area contributed by atoms with E-state index in [1.807, 2.05) is 21.0 Å². The summed E-state index contributed by atoms with van der Waals surface area (Å²) in [5, 5.41) is 2.78. The van der Waals surface area contributed by atoms with E-state index in [0.29, 0.717) is 13.1 Å². The van der Waals surface area contributed by atoms with Crippen LogP contribution in [0.25, 0.3) is 0 Å². The zero-order chi connectivity index (χ0) is 14.4. The van der Waals surface area contributed by atoms with E-state index in [-0.39, 0.29) is 11.6 Å². The average molecular weight is 272 g/mol. The largest absolute Gasteiger partial charge is 0.368 e. The molecule has 1 aromatic heterocycles. The van der Waals surface area contributed by atoms with Gasteiger partial charge in [-0.3, -0.25) is 0 Å². The van der Waals surface area contributed by atoms with Gasteiger partial charge in [0, 0.05) is 26.2 Å². The fourth-order valence-electron chi connectivity index (χ4n) is 1.75. The second-order valence-corrected chi connectivity index (χ2v) is 4.73. The molecule has 4 nitrogen and oxygen atoms in total. The highest BCUT2D eigenvalue weighted by atomic mass is 19.1. The standard InChI is InChI=1S/C13H22F2N4/c1-5-16-12-10(14)9-11(15)13(17-12)19(4)8-6-7-18(2)3/h9H,5-8H2,1-4H3,(H,16,17). The molecule has 0 saturated carbocycles. The van der Waals surface area contributed by atoms with Gasteiger partial charge in [0.05, 0.1) is 0 Å². The van der Waals surface area contributed by atoms with Crippen molar-refractivity contribution in [1.82, 2.24) is 9.88 Å². The first-order valence-electron chi connectivity index (χ1n) is 6.41. The molecule has 0 fully saturated rings. The number of hydrogen-bond donors (Lipinski definition) is 1. The van der Waals surface area contributed by atoms with Gasteiger partial charge in [-0.15, -0.1) is 0 Å². The summed E-state index contributed by atoms with van der Waals surface area (Å²) in [5.74, 6) is -1.02. The Morgan fingerprint density at radius 1 is 1.16 bits per heavy atom. The first kappa shape index (κ1) is 15.6. The molecule has 1 N–H and O–H groups in total. The van der Waals surface area contributed by atoms with Crippen LogP contribution in [0.4, 0.5) is 20.4 Å². The summed E-state index contributed by atoms with van der Waals surface area (Å²) in [4.78, 5) is 7.78. The summed E-state index contributed by atoms with van der Waals surface area (Å²) >= 11 is 0. The molecule has 0 bridgehead atoms. The summed E-state index contributed by atoms with van der Waals surface area (Å²) in [7, 11) is 5.73. The number of halogens is 2. The van der Waals surface area contributed by atoms with Crippen LogP contribution in [-0.4, -0.2) is 50.7 Å². The van der Waals surface area contributed by atoms with Crippen LogP contribution in [0.2, 0.25) is 0 Å². The van der Waals surface area contributed by atoms with E-state index in [1.165, 1.54) is 0 Å². The van der Waals surface area contributed by atoms with Crippen molar-refractivity contribution >= 4 is 11.6 Å². The normalized spacial score (nSPS) is 10.9. The molecule has 0 atom stereocenters. The van der Waals surface area contributed by atoms with Gasteiger partial charge in [0.25, 0.3) is 0 Å². The van der Waals surface area contributed by atoms with Crippen LogP contribution < -0.4 is 10.2 Å². The first-order valence-corrected chi connectivity index (χ1v) is 6.41. The quantitative estimate of drug-likeness (QED) is 0.824. The van der Waals surface area contributed by atoms with Gasteiger partial charge in [-0.2, -0.15) is 0 Å². The number of hydrogen-bond acceptors (Lipinski definition) is 4. The number of aromatic nitrogens is 1. The molecule has 0 aliphatic carbocycles. The van der Waals surface area contributed by atoms with Gasteiger partial charge in [0.1, 0.15) is 0 Å². The van der Waals surface area contributed by atoms with Gasteiger partial charge in [-0.1, -0.05) is 0 Å². The molecule has 19 heavy (non-hydrogen) atoms. The molecule has 0 aromatic carbocycles. The van der Waals surface area contributed by atoms with Crippen molar-refractivity contribution in [3.63, 3.8) is 0 Å². The predicted octanol–water partition coefficient (Wildman–Crippen LogP) is 2.18. The molecular formula is C13H22F2N4. The fourth-order valence-corrected chi connectivity index (χ4v) is 1.75. The molecule has 0 radical (unpaired) electrons. The van der Waals surface area contributed by atoms with Gasteiger partial charge < -0.3 is 15.1 Å². The van der Waals surface area contributed by atoms with Crippen molar-refractivity contribution in [3.05, 3.63) is 17.7 Å². The SMILES string of the molecule is CCNc1nc(N(C)CCCN(C)C)c(F)cc1F. The van der Waals surface area contributed by atoms with Crippen molar-refractivity contribution < 1.29 is 8.78 Å². The van der Waals surface area contributed by atoms with E-state index in [4.69, 9.17) is 0 Å². The van der Waals surface area contributed by atoms with E-state index in [1.54, 1.807) is 11.9 Å². The Bertz CT molecular complexity index is 410. The minimum Gasteiger partial charge on any atom is -0.368 e. The van der Waals surface area contributed by atoms with Crippen LogP contribution in [0.1, 0.15) is 13.3 Å². The minimum absolute atomic E-state index is 0.0957. The van der Waals surface area contributed by atoms with E-state index >= 15 is 0 Å². The van der Waals surface area contributed by atoms with Gasteiger partial charge >= 0.3 is 0 Å². The van der Waals surface area contributed by atoms with E-state index in [9.17, 15) is 8.78 Å². The highest BCUT2D eigenvalue weighted by Gasteiger charge is 2.14. The van der Waals surface area contributed by atoms with Crippen LogP contribution in [0.15, 0.2) is 6.07 Å². The maximum absolute atomic E-state index is 13.7. The van der Waals surface area contributed by atoms with Crippen molar-refractivity contribution in [3.8, 4) is 0 Å². The lowest BCUT2D eigenvalue weighted by molar-refractivity contribution is 0.401. The lowest BCUT2D eigenvalue weighted by Gasteiger charge is -2.20. The predicted molar refractivity (Wildman–Crippen MR) is 74.8 cm³/mol. The molecule has 1 aromatic rings. The smallest absolute Gasteiger partial charge is 0.168 e. The molecule has 0 aliphatic heterocycles. The Balaban J connectivity index is 2.77. The third-order valence-electron chi connectivity index (χ3n) is 2.72. The summed E-state index contributed by atoms with van der Waals surface area (Å²) < 4.78 is 27.2. The lowest BCUT2D eigenvalue weighted by Crippen LogP contribution is -2.25. The third-order valence-corrected chi connectivity index (χ3v) is 2.72. The van der Waals surface area contributed by atoms with Gasteiger partial charge in [-0.05, 0) is 34.0 Å². The Labute approximate surface area is 113 Å². The second kappa shape index (κ2) is 7.23. The van der Waals surface area contributed by atoms with Crippen molar-refractivity contribution in [2.24, 2.45) is 0 Å². The average Bonchev–Trinajstić information content (AvgIpc) is 2.32. The Kier molecular flexibility index (Phi) is 5.95. The van der Waals surface area contributed by atoms with Gasteiger partial charge in [0.2, 0.25) is 0 Å². The van der Waals surface area contributed by atoms with Crippen LogP contribution in [0, 0.1) is 11.6 Å². The Hall–Kier alpha value is -1.43. The van der Waals surface area contributed by atoms with Gasteiger partial charge in [-0.25, -0.2) is 13.8 Å². The maximum Gasteiger partial charge on any atom is 0.168 e. The van der Waals surface area contributed by atoms with Crippen molar-refractivity contribution in [2.45, 2.75) is 13.3 Å². The number of pyridine rings is 1. The summed E-state index contributed by atoms with van der Waals surface area (Å²) in [6.07, 6.45) is 0.887.